The molecule has 1 N–H and O–H groups in total. The minimum absolute atomic E-state index is 0.0240. The molecule has 0 saturated heterocycles. The molecule has 0 unspecified atom stereocenters. The van der Waals surface area contributed by atoms with E-state index in [-0.39, 0.29) is 22.6 Å². The van der Waals surface area contributed by atoms with Crippen molar-refractivity contribution < 1.29 is 14.3 Å². The first-order valence-corrected chi connectivity index (χ1v) is 6.99. The van der Waals surface area contributed by atoms with E-state index in [0.29, 0.717) is 5.69 Å². The van der Waals surface area contributed by atoms with Crippen LogP contribution in [0.4, 0.5) is 5.69 Å². The van der Waals surface area contributed by atoms with E-state index in [1.165, 1.54) is 19.1 Å². The molecule has 0 radical (unpaired) electrons. The number of nitriles is 1. The van der Waals surface area contributed by atoms with Crippen LogP contribution in [0.1, 0.15) is 45.1 Å². The standard InChI is InChI=1S/C16H18N2O3/c1-11(19)21-14-6-5-13(9-12(14)10-17)18-15(20)16(2)7-3-4-8-16/h5-6,9H,3-4,7-8H2,1-2H3,(H,18,20). The molecular formula is C16H18N2O3. The summed E-state index contributed by atoms with van der Waals surface area (Å²) in [5.41, 5.74) is 0.432. The Balaban J connectivity index is 2.16. The molecule has 0 aromatic heterocycles. The fourth-order valence-electron chi connectivity index (χ4n) is 2.60. The highest BCUT2D eigenvalue weighted by molar-refractivity contribution is 5.95. The summed E-state index contributed by atoms with van der Waals surface area (Å²) in [5, 5.41) is 11.9. The van der Waals surface area contributed by atoms with Gasteiger partial charge < -0.3 is 10.1 Å². The Kier molecular flexibility index (Phi) is 4.27. The van der Waals surface area contributed by atoms with Gasteiger partial charge in [0.05, 0.1) is 5.56 Å². The topological polar surface area (TPSA) is 79.2 Å². The maximum absolute atomic E-state index is 12.3. The first kappa shape index (κ1) is 15.0. The van der Waals surface area contributed by atoms with E-state index in [2.05, 4.69) is 5.32 Å². The van der Waals surface area contributed by atoms with E-state index in [9.17, 15) is 9.59 Å². The first-order valence-electron chi connectivity index (χ1n) is 6.99. The molecular weight excluding hydrogens is 268 g/mol. The van der Waals surface area contributed by atoms with Crippen molar-refractivity contribution in [1.29, 1.82) is 5.26 Å². The van der Waals surface area contributed by atoms with Gasteiger partial charge in [-0.1, -0.05) is 19.8 Å². The quantitative estimate of drug-likeness (QED) is 0.684. The molecule has 110 valence electrons. The molecule has 1 aromatic carbocycles. The van der Waals surface area contributed by atoms with Crippen LogP contribution in [-0.4, -0.2) is 11.9 Å². The number of nitrogens with one attached hydrogen (secondary N) is 1. The smallest absolute Gasteiger partial charge is 0.308 e. The van der Waals surface area contributed by atoms with Gasteiger partial charge in [-0.2, -0.15) is 5.26 Å². The molecule has 0 heterocycles. The van der Waals surface area contributed by atoms with Crippen LogP contribution >= 0.6 is 0 Å². The SMILES string of the molecule is CC(=O)Oc1ccc(NC(=O)C2(C)CCCC2)cc1C#N. The molecule has 0 bridgehead atoms. The summed E-state index contributed by atoms with van der Waals surface area (Å²) < 4.78 is 4.94. The minimum atomic E-state index is -0.484. The molecule has 5 heteroatoms. The summed E-state index contributed by atoms with van der Waals surface area (Å²) in [6, 6.07) is 6.64. The maximum Gasteiger partial charge on any atom is 0.308 e. The molecule has 0 spiro atoms. The van der Waals surface area contributed by atoms with Crippen LogP contribution in [0.25, 0.3) is 0 Å². The Hall–Kier alpha value is -2.35. The molecule has 1 amide bonds. The van der Waals surface area contributed by atoms with E-state index >= 15 is 0 Å². The van der Waals surface area contributed by atoms with Crippen molar-refractivity contribution in [2.24, 2.45) is 5.41 Å². The summed E-state index contributed by atoms with van der Waals surface area (Å²) in [6.45, 7) is 3.24. The van der Waals surface area contributed by atoms with Crippen LogP contribution in [0.2, 0.25) is 0 Å². The van der Waals surface area contributed by atoms with E-state index < -0.39 is 5.97 Å². The Bertz CT molecular complexity index is 610. The van der Waals surface area contributed by atoms with Crippen molar-refractivity contribution in [3.8, 4) is 11.8 Å². The lowest BCUT2D eigenvalue weighted by atomic mass is 9.88. The number of amides is 1. The first-order chi connectivity index (χ1) is 9.94. The van der Waals surface area contributed by atoms with E-state index in [0.717, 1.165) is 25.7 Å². The third kappa shape index (κ3) is 3.40. The van der Waals surface area contributed by atoms with Crippen LogP contribution in [0.5, 0.6) is 5.75 Å². The number of nitrogens with zero attached hydrogens (tertiary/aromatic N) is 1. The molecule has 1 saturated carbocycles. The largest absolute Gasteiger partial charge is 0.425 e. The van der Waals surface area contributed by atoms with Gasteiger partial charge in [-0.15, -0.1) is 0 Å². The fraction of sp³-hybridized carbons (Fsp3) is 0.438. The lowest BCUT2D eigenvalue weighted by molar-refractivity contribution is -0.132. The maximum atomic E-state index is 12.3. The average molecular weight is 286 g/mol. The Morgan fingerprint density at radius 1 is 1.33 bits per heavy atom. The molecule has 1 aliphatic carbocycles. The second kappa shape index (κ2) is 5.96. The lowest BCUT2D eigenvalue weighted by Gasteiger charge is -2.22. The van der Waals surface area contributed by atoms with Gasteiger partial charge in [-0.25, -0.2) is 0 Å². The number of carbonyl (C=O) groups is 2. The molecule has 0 atom stereocenters. The summed E-state index contributed by atoms with van der Waals surface area (Å²) in [4.78, 5) is 23.3. The van der Waals surface area contributed by atoms with Crippen molar-refractivity contribution in [3.05, 3.63) is 23.8 Å². The van der Waals surface area contributed by atoms with Gasteiger partial charge in [0, 0.05) is 18.0 Å². The molecule has 1 aliphatic rings. The highest BCUT2D eigenvalue weighted by atomic mass is 16.5. The number of anilines is 1. The number of ether oxygens (including phenoxy) is 1. The van der Waals surface area contributed by atoms with Crippen molar-refractivity contribution in [1.82, 2.24) is 0 Å². The van der Waals surface area contributed by atoms with Crippen molar-refractivity contribution in [2.75, 3.05) is 5.32 Å². The second-order valence-electron chi connectivity index (χ2n) is 5.64. The highest BCUT2D eigenvalue weighted by Crippen LogP contribution is 2.38. The molecule has 21 heavy (non-hydrogen) atoms. The van der Waals surface area contributed by atoms with Crippen molar-refractivity contribution in [3.63, 3.8) is 0 Å². The second-order valence-corrected chi connectivity index (χ2v) is 5.64. The molecule has 1 fully saturated rings. The third-order valence-electron chi connectivity index (χ3n) is 3.87. The Morgan fingerprint density at radius 2 is 2.00 bits per heavy atom. The van der Waals surface area contributed by atoms with Gasteiger partial charge in [-0.05, 0) is 31.0 Å². The van der Waals surface area contributed by atoms with Crippen LogP contribution < -0.4 is 10.1 Å². The Morgan fingerprint density at radius 3 is 2.57 bits per heavy atom. The van der Waals surface area contributed by atoms with Gasteiger partial charge in [0.15, 0.2) is 0 Å². The number of rotatable bonds is 3. The average Bonchev–Trinajstić information content (AvgIpc) is 2.88. The van der Waals surface area contributed by atoms with Crippen LogP contribution in [0, 0.1) is 16.7 Å². The van der Waals surface area contributed by atoms with Crippen LogP contribution in [0.15, 0.2) is 18.2 Å². The number of benzene rings is 1. The van der Waals surface area contributed by atoms with Crippen molar-refractivity contribution in [2.45, 2.75) is 39.5 Å². The van der Waals surface area contributed by atoms with E-state index in [1.54, 1.807) is 6.07 Å². The molecule has 5 nitrogen and oxygen atoms in total. The molecule has 2 rings (SSSR count). The summed E-state index contributed by atoms with van der Waals surface area (Å²) >= 11 is 0. The van der Waals surface area contributed by atoms with E-state index in [4.69, 9.17) is 10.00 Å². The summed E-state index contributed by atoms with van der Waals surface area (Å²) in [5.74, 6) is -0.305. The van der Waals surface area contributed by atoms with Gasteiger partial charge in [0.25, 0.3) is 0 Å². The molecule has 0 aliphatic heterocycles. The summed E-state index contributed by atoms with van der Waals surface area (Å²) in [6.07, 6.45) is 3.91. The predicted molar refractivity (Wildman–Crippen MR) is 77.7 cm³/mol. The normalized spacial score (nSPS) is 16.0. The predicted octanol–water partition coefficient (Wildman–Crippen LogP) is 3.00. The monoisotopic (exact) mass is 286 g/mol. The third-order valence-corrected chi connectivity index (χ3v) is 3.87. The van der Waals surface area contributed by atoms with Crippen molar-refractivity contribution >= 4 is 17.6 Å². The number of esters is 1. The minimum Gasteiger partial charge on any atom is -0.425 e. The zero-order valence-electron chi connectivity index (χ0n) is 12.2. The number of hydrogen-bond donors (Lipinski definition) is 1. The van der Waals surface area contributed by atoms with Gasteiger partial charge in [0.2, 0.25) is 5.91 Å². The molecule has 1 aromatic rings. The highest BCUT2D eigenvalue weighted by Gasteiger charge is 2.36. The van der Waals surface area contributed by atoms with Crippen LogP contribution in [0.3, 0.4) is 0 Å². The van der Waals surface area contributed by atoms with Gasteiger partial charge in [0.1, 0.15) is 11.8 Å². The van der Waals surface area contributed by atoms with Gasteiger partial charge >= 0.3 is 5.97 Å². The van der Waals surface area contributed by atoms with Crippen LogP contribution in [-0.2, 0) is 9.59 Å². The van der Waals surface area contributed by atoms with E-state index in [1.807, 2.05) is 13.0 Å². The zero-order chi connectivity index (χ0) is 15.5. The number of carbonyl (C=O) groups excluding carboxylic acids is 2. The number of hydrogen-bond acceptors (Lipinski definition) is 4. The summed E-state index contributed by atoms with van der Waals surface area (Å²) in [7, 11) is 0. The Labute approximate surface area is 123 Å². The lowest BCUT2D eigenvalue weighted by Crippen LogP contribution is -2.30. The zero-order valence-corrected chi connectivity index (χ0v) is 12.2. The van der Waals surface area contributed by atoms with Gasteiger partial charge in [-0.3, -0.25) is 9.59 Å². The fourth-order valence-corrected chi connectivity index (χ4v) is 2.60.